The largest absolute Gasteiger partial charge is 0.384 e. The van der Waals surface area contributed by atoms with Crippen molar-refractivity contribution in [1.82, 2.24) is 20.3 Å². The first kappa shape index (κ1) is 25.0. The number of hydrazine groups is 1. The van der Waals surface area contributed by atoms with Gasteiger partial charge in [0.25, 0.3) is 5.91 Å². The van der Waals surface area contributed by atoms with E-state index in [0.29, 0.717) is 30.9 Å². The lowest BCUT2D eigenvalue weighted by atomic mass is 9.92. The molecule has 2 aromatic rings. The second-order valence-corrected chi connectivity index (χ2v) is 9.97. The number of allylic oxidation sites excluding steroid dienone is 3. The van der Waals surface area contributed by atoms with Gasteiger partial charge in [-0.1, -0.05) is 42.5 Å². The van der Waals surface area contributed by atoms with Crippen LogP contribution in [0.3, 0.4) is 0 Å². The summed E-state index contributed by atoms with van der Waals surface area (Å²) in [4.78, 5) is 36.3. The number of aromatic nitrogens is 1. The maximum absolute atomic E-state index is 12.7. The quantitative estimate of drug-likeness (QED) is 0.654. The number of piperidine rings is 1. The molecular formula is C29H33N5O3. The highest BCUT2D eigenvalue weighted by Gasteiger charge is 2.37. The molecule has 1 amide bonds. The lowest BCUT2D eigenvalue weighted by Crippen LogP contribution is -2.42. The van der Waals surface area contributed by atoms with Crippen LogP contribution in [0.15, 0.2) is 76.7 Å². The Morgan fingerprint density at radius 2 is 1.86 bits per heavy atom. The standard InChI is InChI=1S/C29H33N5O3/c1-18-27(19(2)35)26(15-21-11-13-33(14-12-21)29(37)20(3)36)32-28-24(17-31-34(18)28)23-9-10-25(30-16-23)22-7-5-4-6-8-22/h4-10,15-16,20-21,24,31,36H,11-14,17H2,1-3H3/b26-15-. The van der Waals surface area contributed by atoms with Crippen molar-refractivity contribution in [2.75, 3.05) is 19.6 Å². The van der Waals surface area contributed by atoms with Crippen molar-refractivity contribution in [3.63, 3.8) is 0 Å². The van der Waals surface area contributed by atoms with Gasteiger partial charge in [0.2, 0.25) is 0 Å². The molecule has 2 N–H and O–H groups in total. The summed E-state index contributed by atoms with van der Waals surface area (Å²) in [5.74, 6) is 0.823. The van der Waals surface area contributed by atoms with Crippen LogP contribution >= 0.6 is 0 Å². The predicted molar refractivity (Wildman–Crippen MR) is 142 cm³/mol. The maximum atomic E-state index is 12.7. The third-order valence-corrected chi connectivity index (χ3v) is 7.40. The SMILES string of the molecule is CC(=O)C1=C(C)N2NCC(c3ccc(-c4ccccc4)nc3)C2=N/C1=C\C1CCN(C(=O)C(C)O)CC1. The Bertz CT molecular complexity index is 1270. The number of amidine groups is 1. The summed E-state index contributed by atoms with van der Waals surface area (Å²) in [6.07, 6.45) is 4.57. The molecule has 2 atom stereocenters. The average Bonchev–Trinajstić information content (AvgIpc) is 3.33. The van der Waals surface area contributed by atoms with E-state index in [2.05, 4.69) is 17.6 Å². The summed E-state index contributed by atoms with van der Waals surface area (Å²) in [5.41, 5.74) is 8.66. The Balaban J connectivity index is 1.40. The summed E-state index contributed by atoms with van der Waals surface area (Å²) >= 11 is 0. The highest BCUT2D eigenvalue weighted by Crippen LogP contribution is 2.35. The van der Waals surface area contributed by atoms with Crippen molar-refractivity contribution in [2.45, 2.75) is 45.6 Å². The first-order chi connectivity index (χ1) is 17.8. The number of hydrogen-bond donors (Lipinski definition) is 2. The van der Waals surface area contributed by atoms with Gasteiger partial charge in [-0.2, -0.15) is 0 Å². The molecule has 1 aromatic heterocycles. The molecule has 5 rings (SSSR count). The van der Waals surface area contributed by atoms with E-state index < -0.39 is 6.10 Å². The number of Topliss-reactive ketones (excluding diaryl/α,β-unsaturated/α-hetero) is 1. The molecule has 0 saturated carbocycles. The van der Waals surface area contributed by atoms with Gasteiger partial charge in [-0.25, -0.2) is 10.4 Å². The molecule has 192 valence electrons. The van der Waals surface area contributed by atoms with Gasteiger partial charge in [-0.3, -0.25) is 19.6 Å². The van der Waals surface area contributed by atoms with Crippen LogP contribution in [0.25, 0.3) is 11.3 Å². The second-order valence-electron chi connectivity index (χ2n) is 9.97. The van der Waals surface area contributed by atoms with Crippen molar-refractivity contribution in [2.24, 2.45) is 10.9 Å². The molecule has 2 saturated heterocycles. The molecule has 37 heavy (non-hydrogen) atoms. The number of rotatable bonds is 5. The van der Waals surface area contributed by atoms with Gasteiger partial charge in [0.05, 0.1) is 22.9 Å². The zero-order chi connectivity index (χ0) is 26.1. The Kier molecular flexibility index (Phi) is 7.04. The van der Waals surface area contributed by atoms with E-state index in [1.807, 2.05) is 54.5 Å². The van der Waals surface area contributed by atoms with Crippen molar-refractivity contribution in [3.05, 3.63) is 77.3 Å². The minimum Gasteiger partial charge on any atom is -0.384 e. The Morgan fingerprint density at radius 3 is 2.49 bits per heavy atom. The van der Waals surface area contributed by atoms with E-state index in [4.69, 9.17) is 9.98 Å². The van der Waals surface area contributed by atoms with Gasteiger partial charge < -0.3 is 10.0 Å². The van der Waals surface area contributed by atoms with Crippen molar-refractivity contribution < 1.29 is 14.7 Å². The highest BCUT2D eigenvalue weighted by atomic mass is 16.3. The fraction of sp³-hybridized carbons (Fsp3) is 0.379. The number of fused-ring (bicyclic) bond motifs is 1. The normalized spacial score (nSPS) is 22.2. The van der Waals surface area contributed by atoms with Gasteiger partial charge >= 0.3 is 0 Å². The Labute approximate surface area is 217 Å². The van der Waals surface area contributed by atoms with E-state index in [9.17, 15) is 14.7 Å². The van der Waals surface area contributed by atoms with Crippen LogP contribution < -0.4 is 5.43 Å². The van der Waals surface area contributed by atoms with Gasteiger partial charge in [0, 0.05) is 37.1 Å². The maximum Gasteiger partial charge on any atom is 0.251 e. The smallest absolute Gasteiger partial charge is 0.251 e. The summed E-state index contributed by atoms with van der Waals surface area (Å²) in [6, 6.07) is 14.2. The fourth-order valence-electron chi connectivity index (χ4n) is 5.39. The first-order valence-corrected chi connectivity index (χ1v) is 12.9. The number of ketones is 1. The number of pyridine rings is 1. The van der Waals surface area contributed by atoms with E-state index in [-0.39, 0.29) is 23.5 Å². The van der Waals surface area contributed by atoms with E-state index >= 15 is 0 Å². The highest BCUT2D eigenvalue weighted by molar-refractivity contribution is 6.03. The van der Waals surface area contributed by atoms with Crippen LogP contribution in [-0.4, -0.2) is 63.3 Å². The van der Waals surface area contributed by atoms with Gasteiger partial charge in [-0.15, -0.1) is 0 Å². The van der Waals surface area contributed by atoms with Crippen LogP contribution in [-0.2, 0) is 9.59 Å². The molecule has 0 radical (unpaired) electrons. The summed E-state index contributed by atoms with van der Waals surface area (Å²) in [5, 5.41) is 11.6. The number of likely N-dealkylation sites (tertiary alicyclic amines) is 1. The molecule has 8 nitrogen and oxygen atoms in total. The molecule has 2 fully saturated rings. The molecule has 1 aromatic carbocycles. The number of carbonyl (C=O) groups excluding carboxylic acids is 2. The zero-order valence-corrected chi connectivity index (χ0v) is 21.5. The van der Waals surface area contributed by atoms with Crippen LogP contribution in [0.5, 0.6) is 0 Å². The number of amides is 1. The number of aliphatic imine (C=N–C) groups is 1. The minimum atomic E-state index is -0.983. The van der Waals surface area contributed by atoms with Gasteiger partial charge in [-0.05, 0) is 51.2 Å². The Morgan fingerprint density at radius 1 is 1.14 bits per heavy atom. The van der Waals surface area contributed by atoms with E-state index in [0.717, 1.165) is 41.2 Å². The lowest BCUT2D eigenvalue weighted by Gasteiger charge is -2.33. The van der Waals surface area contributed by atoms with Crippen molar-refractivity contribution >= 4 is 17.5 Å². The van der Waals surface area contributed by atoms with Crippen LogP contribution in [0.4, 0.5) is 0 Å². The summed E-state index contributed by atoms with van der Waals surface area (Å²) in [6.45, 7) is 6.88. The third kappa shape index (κ3) is 4.99. The number of nitrogens with zero attached hydrogens (tertiary/aromatic N) is 4. The topological polar surface area (TPSA) is 98.1 Å². The lowest BCUT2D eigenvalue weighted by molar-refractivity contribution is -0.140. The van der Waals surface area contributed by atoms with Gasteiger partial charge in [0.15, 0.2) is 5.78 Å². The van der Waals surface area contributed by atoms with Gasteiger partial charge in [0.1, 0.15) is 11.9 Å². The van der Waals surface area contributed by atoms with E-state index in [1.54, 1.807) is 11.8 Å². The third-order valence-electron chi connectivity index (χ3n) is 7.40. The average molecular weight is 500 g/mol. The molecule has 4 heterocycles. The number of aliphatic hydroxyl groups excluding tert-OH is 1. The van der Waals surface area contributed by atoms with Crippen LogP contribution in [0, 0.1) is 5.92 Å². The summed E-state index contributed by atoms with van der Waals surface area (Å²) < 4.78 is 0. The second kappa shape index (κ2) is 10.4. The minimum absolute atomic E-state index is 0.00897. The Hall–Kier alpha value is -3.62. The number of carbonyl (C=O) groups is 2. The molecule has 8 heteroatoms. The van der Waals surface area contributed by atoms with Crippen LogP contribution in [0.1, 0.15) is 45.1 Å². The fourth-order valence-corrected chi connectivity index (χ4v) is 5.39. The number of hydrogen-bond acceptors (Lipinski definition) is 7. The number of nitrogens with one attached hydrogen (secondary N) is 1. The van der Waals surface area contributed by atoms with Crippen molar-refractivity contribution in [3.8, 4) is 11.3 Å². The molecule has 2 unspecified atom stereocenters. The monoisotopic (exact) mass is 499 g/mol. The zero-order valence-electron chi connectivity index (χ0n) is 21.5. The molecule has 0 bridgehead atoms. The number of benzene rings is 1. The first-order valence-electron chi connectivity index (χ1n) is 12.9. The molecule has 0 aliphatic carbocycles. The summed E-state index contributed by atoms with van der Waals surface area (Å²) in [7, 11) is 0. The predicted octanol–water partition coefficient (Wildman–Crippen LogP) is 3.43. The molecular weight excluding hydrogens is 466 g/mol. The molecule has 3 aliphatic heterocycles. The van der Waals surface area contributed by atoms with E-state index in [1.165, 1.54) is 6.92 Å². The number of aliphatic hydroxyl groups is 1. The molecule has 3 aliphatic rings. The molecule has 0 spiro atoms. The van der Waals surface area contributed by atoms with Crippen molar-refractivity contribution in [1.29, 1.82) is 0 Å². The van der Waals surface area contributed by atoms with Crippen LogP contribution in [0.2, 0.25) is 0 Å².